The van der Waals surface area contributed by atoms with Gasteiger partial charge in [0.2, 0.25) is 0 Å². The van der Waals surface area contributed by atoms with Crippen molar-refractivity contribution < 1.29 is 9.53 Å². The Bertz CT molecular complexity index is 1160. The van der Waals surface area contributed by atoms with Crippen LogP contribution in [0.5, 0.6) is 0 Å². The zero-order chi connectivity index (χ0) is 25.7. The van der Waals surface area contributed by atoms with Crippen LogP contribution in [0.2, 0.25) is 0 Å². The molecule has 0 aromatic heterocycles. The number of benzene rings is 1. The van der Waals surface area contributed by atoms with Crippen molar-refractivity contribution >= 4 is 23.4 Å². The van der Waals surface area contributed by atoms with Gasteiger partial charge < -0.3 is 14.5 Å². The second kappa shape index (κ2) is 11.1. The number of hydrogen-bond donors (Lipinski definition) is 0. The Morgan fingerprint density at radius 1 is 1.08 bits per heavy atom. The van der Waals surface area contributed by atoms with Gasteiger partial charge in [0.05, 0.1) is 18.0 Å². The molecule has 0 aliphatic carbocycles. The third kappa shape index (κ3) is 6.01. The number of piperazine rings is 1. The molecule has 7 nitrogen and oxygen atoms in total. The Morgan fingerprint density at radius 3 is 2.44 bits per heavy atom. The molecule has 0 atom stereocenters. The van der Waals surface area contributed by atoms with Gasteiger partial charge in [-0.15, -0.1) is 0 Å². The number of carbonyl (C=O) groups is 1. The molecule has 3 aliphatic rings. The topological polar surface area (TPSA) is 69.9 Å². The SMILES string of the molecule is CCC1=NCC2=CC=CC(N3CCN(C(=O)OC(C)(C)C)CC3)=NC2=C1/N=C(\CC)c1ccccc1. The highest BCUT2D eigenvalue weighted by atomic mass is 16.6. The lowest BCUT2D eigenvalue weighted by atomic mass is 10.0. The van der Waals surface area contributed by atoms with E-state index < -0.39 is 5.60 Å². The molecular weight excluding hydrogens is 450 g/mol. The fraction of sp³-hybridized carbons (Fsp3) is 0.448. The van der Waals surface area contributed by atoms with Crippen molar-refractivity contribution in [3.63, 3.8) is 0 Å². The number of carbonyl (C=O) groups excluding carboxylic acids is 1. The largest absolute Gasteiger partial charge is 0.444 e. The highest BCUT2D eigenvalue weighted by molar-refractivity contribution is 6.08. The van der Waals surface area contributed by atoms with Gasteiger partial charge in [0.25, 0.3) is 0 Å². The van der Waals surface area contributed by atoms with Crippen LogP contribution in [0.4, 0.5) is 4.79 Å². The maximum Gasteiger partial charge on any atom is 0.410 e. The van der Waals surface area contributed by atoms with Crippen LogP contribution in [-0.2, 0) is 4.74 Å². The quantitative estimate of drug-likeness (QED) is 0.533. The van der Waals surface area contributed by atoms with E-state index in [2.05, 4.69) is 37.0 Å². The van der Waals surface area contributed by atoms with Gasteiger partial charge in [-0.2, -0.15) is 0 Å². The lowest BCUT2D eigenvalue weighted by Gasteiger charge is -2.36. The Morgan fingerprint density at radius 2 is 1.81 bits per heavy atom. The van der Waals surface area contributed by atoms with Gasteiger partial charge >= 0.3 is 6.09 Å². The molecule has 36 heavy (non-hydrogen) atoms. The number of nitrogens with zero attached hydrogens (tertiary/aromatic N) is 5. The average molecular weight is 488 g/mol. The van der Waals surface area contributed by atoms with E-state index in [9.17, 15) is 4.79 Å². The smallest absolute Gasteiger partial charge is 0.410 e. The minimum absolute atomic E-state index is 0.257. The van der Waals surface area contributed by atoms with Crippen molar-refractivity contribution in [2.75, 3.05) is 32.7 Å². The van der Waals surface area contributed by atoms with Gasteiger partial charge in [0.1, 0.15) is 17.1 Å². The number of allylic oxidation sites excluding steroid dienone is 3. The molecule has 1 fully saturated rings. The lowest BCUT2D eigenvalue weighted by Crippen LogP contribution is -2.51. The fourth-order valence-corrected chi connectivity index (χ4v) is 4.41. The molecule has 3 heterocycles. The van der Waals surface area contributed by atoms with Gasteiger partial charge in [-0.25, -0.2) is 14.8 Å². The maximum atomic E-state index is 12.5. The Balaban J connectivity index is 1.64. The number of dihydropyridines is 1. The number of amides is 1. The summed E-state index contributed by atoms with van der Waals surface area (Å²) in [6.45, 7) is 13.1. The third-order valence-corrected chi connectivity index (χ3v) is 6.29. The summed E-state index contributed by atoms with van der Waals surface area (Å²) in [5.41, 5.74) is 5.48. The first kappa shape index (κ1) is 25.6. The van der Waals surface area contributed by atoms with Crippen molar-refractivity contribution in [1.29, 1.82) is 0 Å². The molecule has 1 aromatic carbocycles. The van der Waals surface area contributed by atoms with Gasteiger partial charge in [-0.05, 0) is 45.3 Å². The van der Waals surface area contributed by atoms with E-state index in [1.54, 1.807) is 4.90 Å². The first-order chi connectivity index (χ1) is 17.3. The van der Waals surface area contributed by atoms with E-state index in [4.69, 9.17) is 19.7 Å². The van der Waals surface area contributed by atoms with Crippen LogP contribution in [0.3, 0.4) is 0 Å². The minimum Gasteiger partial charge on any atom is -0.444 e. The lowest BCUT2D eigenvalue weighted by molar-refractivity contribution is 0.0187. The van der Waals surface area contributed by atoms with E-state index in [0.29, 0.717) is 32.7 Å². The van der Waals surface area contributed by atoms with E-state index >= 15 is 0 Å². The predicted octanol–water partition coefficient (Wildman–Crippen LogP) is 5.41. The molecule has 1 saturated heterocycles. The van der Waals surface area contributed by atoms with Crippen molar-refractivity contribution in [3.05, 3.63) is 71.1 Å². The molecule has 1 aromatic rings. The zero-order valence-electron chi connectivity index (χ0n) is 22.1. The summed E-state index contributed by atoms with van der Waals surface area (Å²) in [7, 11) is 0. The number of rotatable bonds is 4. The Labute approximate surface area is 214 Å². The average Bonchev–Trinajstić information content (AvgIpc) is 3.09. The molecule has 0 bridgehead atoms. The van der Waals surface area contributed by atoms with E-state index in [1.165, 1.54) is 0 Å². The van der Waals surface area contributed by atoms with Gasteiger partial charge in [-0.3, -0.25) is 4.99 Å². The normalized spacial score (nSPS) is 18.8. The van der Waals surface area contributed by atoms with Gasteiger partial charge in [0, 0.05) is 37.5 Å². The minimum atomic E-state index is -0.496. The molecule has 1 amide bonds. The summed E-state index contributed by atoms with van der Waals surface area (Å²) in [5, 5.41) is 0. The van der Waals surface area contributed by atoms with Crippen LogP contribution in [0.15, 0.2) is 80.5 Å². The molecule has 190 valence electrons. The number of aliphatic imine (C=N–C) groups is 3. The summed E-state index contributed by atoms with van der Waals surface area (Å²) in [6, 6.07) is 10.3. The van der Waals surface area contributed by atoms with Crippen LogP contribution in [-0.4, -0.2) is 71.5 Å². The molecule has 0 N–H and O–H groups in total. The molecule has 3 aliphatic heterocycles. The molecular formula is C29H37N5O2. The molecule has 4 rings (SSSR count). The van der Waals surface area contributed by atoms with E-state index in [0.717, 1.165) is 52.6 Å². The van der Waals surface area contributed by atoms with E-state index in [1.807, 2.05) is 51.1 Å². The molecule has 0 radical (unpaired) electrons. The molecule has 0 unspecified atom stereocenters. The van der Waals surface area contributed by atoms with Crippen LogP contribution < -0.4 is 0 Å². The van der Waals surface area contributed by atoms with Crippen LogP contribution >= 0.6 is 0 Å². The molecule has 7 heteroatoms. The Kier molecular flexibility index (Phi) is 7.87. The fourth-order valence-electron chi connectivity index (χ4n) is 4.41. The third-order valence-electron chi connectivity index (χ3n) is 6.29. The van der Waals surface area contributed by atoms with E-state index in [-0.39, 0.29) is 6.09 Å². The maximum absolute atomic E-state index is 12.5. The number of ether oxygens (including phenoxy) is 1. The highest BCUT2D eigenvalue weighted by Gasteiger charge is 2.28. The van der Waals surface area contributed by atoms with Crippen molar-refractivity contribution in [3.8, 4) is 0 Å². The van der Waals surface area contributed by atoms with Crippen molar-refractivity contribution in [2.45, 2.75) is 53.1 Å². The predicted molar refractivity (Wildman–Crippen MR) is 147 cm³/mol. The van der Waals surface area contributed by atoms with Crippen molar-refractivity contribution in [2.24, 2.45) is 15.0 Å². The first-order valence-corrected chi connectivity index (χ1v) is 12.9. The van der Waals surface area contributed by atoms with Gasteiger partial charge in [0.15, 0.2) is 0 Å². The number of amidine groups is 1. The Hall–Kier alpha value is -3.48. The second-order valence-electron chi connectivity index (χ2n) is 10.1. The second-order valence-corrected chi connectivity index (χ2v) is 10.1. The monoisotopic (exact) mass is 487 g/mol. The van der Waals surface area contributed by atoms with Gasteiger partial charge in [-0.1, -0.05) is 56.3 Å². The summed E-state index contributed by atoms with van der Waals surface area (Å²) in [4.78, 5) is 31.7. The summed E-state index contributed by atoms with van der Waals surface area (Å²) in [5.74, 6) is 0.892. The summed E-state index contributed by atoms with van der Waals surface area (Å²) in [6.07, 6.45) is 7.56. The number of fused-ring (bicyclic) bond motifs is 1. The summed E-state index contributed by atoms with van der Waals surface area (Å²) < 4.78 is 5.55. The molecule has 0 spiro atoms. The first-order valence-electron chi connectivity index (χ1n) is 12.9. The highest BCUT2D eigenvalue weighted by Crippen LogP contribution is 2.28. The van der Waals surface area contributed by atoms with Crippen LogP contribution in [0, 0.1) is 0 Å². The summed E-state index contributed by atoms with van der Waals surface area (Å²) >= 11 is 0. The van der Waals surface area contributed by atoms with Crippen LogP contribution in [0.25, 0.3) is 0 Å². The standard InChI is InChI=1S/C29H37N5O2/c1-6-23(21-12-9-8-10-13-21)31-27-24(7-2)30-20-22-14-11-15-25(32-26(22)27)33-16-18-34(19-17-33)28(35)36-29(3,4)5/h8-15H,6-7,16-20H2,1-5H3/b31-23+. The number of hydrogen-bond acceptors (Lipinski definition) is 6. The van der Waals surface area contributed by atoms with Crippen molar-refractivity contribution in [1.82, 2.24) is 9.80 Å². The molecule has 0 saturated carbocycles. The van der Waals surface area contributed by atoms with Crippen LogP contribution in [0.1, 0.15) is 53.0 Å². The zero-order valence-corrected chi connectivity index (χ0v) is 22.1.